The van der Waals surface area contributed by atoms with Crippen molar-refractivity contribution < 1.29 is 4.74 Å². The third-order valence-corrected chi connectivity index (χ3v) is 5.54. The van der Waals surface area contributed by atoms with E-state index in [0.29, 0.717) is 6.04 Å². The Morgan fingerprint density at radius 2 is 2.12 bits per heavy atom. The molecule has 4 heterocycles. The van der Waals surface area contributed by atoms with Crippen LogP contribution in [0.25, 0.3) is 11.3 Å². The van der Waals surface area contributed by atoms with Gasteiger partial charge in [-0.1, -0.05) is 12.1 Å². The van der Waals surface area contributed by atoms with E-state index in [9.17, 15) is 0 Å². The van der Waals surface area contributed by atoms with Gasteiger partial charge in [0.25, 0.3) is 0 Å². The molecule has 0 saturated heterocycles. The summed E-state index contributed by atoms with van der Waals surface area (Å²) in [6.07, 6.45) is 4.70. The second kappa shape index (κ2) is 6.25. The number of rotatable bonds is 3. The van der Waals surface area contributed by atoms with Gasteiger partial charge in [0, 0.05) is 43.5 Å². The van der Waals surface area contributed by atoms with Crippen LogP contribution in [0.2, 0.25) is 0 Å². The maximum absolute atomic E-state index is 5.75. The lowest BCUT2D eigenvalue weighted by Crippen LogP contribution is -2.35. The zero-order chi connectivity index (χ0) is 17.5. The first kappa shape index (κ1) is 15.6. The van der Waals surface area contributed by atoms with Crippen LogP contribution in [0.4, 0.5) is 0 Å². The molecule has 5 nitrogen and oxygen atoms in total. The lowest BCUT2D eigenvalue weighted by atomic mass is 10.0. The Hall–Kier alpha value is -2.66. The number of ether oxygens (including phenoxy) is 1. The molecule has 2 aliphatic heterocycles. The summed E-state index contributed by atoms with van der Waals surface area (Å²) in [5, 5.41) is 4.76. The van der Waals surface area contributed by atoms with Gasteiger partial charge in [-0.3, -0.25) is 14.6 Å². The molecule has 5 rings (SSSR count). The summed E-state index contributed by atoms with van der Waals surface area (Å²) in [5.41, 5.74) is 6.00. The number of hydrogen-bond donors (Lipinski definition) is 0. The second-order valence-electron chi connectivity index (χ2n) is 7.10. The molecule has 0 N–H and O–H groups in total. The molecule has 0 amide bonds. The first-order valence-electron chi connectivity index (χ1n) is 9.25. The highest BCUT2D eigenvalue weighted by Crippen LogP contribution is 2.32. The molecule has 1 aromatic carbocycles. The molecule has 0 fully saturated rings. The lowest BCUT2D eigenvalue weighted by Gasteiger charge is -2.33. The van der Waals surface area contributed by atoms with Crippen LogP contribution in [0.3, 0.4) is 0 Å². The van der Waals surface area contributed by atoms with Gasteiger partial charge in [0.2, 0.25) is 0 Å². The van der Waals surface area contributed by atoms with E-state index in [0.717, 1.165) is 49.7 Å². The molecular weight excluding hydrogens is 324 g/mol. The topological polar surface area (TPSA) is 43.2 Å². The van der Waals surface area contributed by atoms with E-state index in [1.165, 1.54) is 16.8 Å². The standard InChI is InChI=1S/C21H22N4O/c1-15(17-5-4-16-6-10-26-21(16)11-17)24-8-9-25-19(14-24)12-20(23-25)18-3-2-7-22-13-18/h2-5,7,11-13,15H,6,8-10,14H2,1H3. The largest absolute Gasteiger partial charge is 0.493 e. The van der Waals surface area contributed by atoms with E-state index in [1.54, 1.807) is 6.20 Å². The molecule has 1 atom stereocenters. The van der Waals surface area contributed by atoms with Gasteiger partial charge in [-0.15, -0.1) is 0 Å². The van der Waals surface area contributed by atoms with Crippen LogP contribution in [-0.2, 0) is 19.5 Å². The normalized spacial score (nSPS) is 17.4. The Labute approximate surface area is 153 Å². The Balaban J connectivity index is 1.38. The molecule has 5 heteroatoms. The summed E-state index contributed by atoms with van der Waals surface area (Å²) in [5.74, 6) is 1.07. The minimum atomic E-state index is 0.356. The maximum atomic E-state index is 5.75. The summed E-state index contributed by atoms with van der Waals surface area (Å²) in [4.78, 5) is 6.72. The first-order chi connectivity index (χ1) is 12.8. The zero-order valence-electron chi connectivity index (χ0n) is 14.9. The summed E-state index contributed by atoms with van der Waals surface area (Å²) < 4.78 is 7.88. The fourth-order valence-corrected chi connectivity index (χ4v) is 3.93. The number of pyridine rings is 1. The third-order valence-electron chi connectivity index (χ3n) is 5.54. The minimum absolute atomic E-state index is 0.356. The van der Waals surface area contributed by atoms with Crippen molar-refractivity contribution in [3.05, 3.63) is 65.6 Å². The smallest absolute Gasteiger partial charge is 0.122 e. The van der Waals surface area contributed by atoms with Crippen molar-refractivity contribution >= 4 is 0 Å². The summed E-state index contributed by atoms with van der Waals surface area (Å²) in [6.45, 7) is 5.92. The monoisotopic (exact) mass is 346 g/mol. The Morgan fingerprint density at radius 1 is 1.15 bits per heavy atom. The molecule has 0 spiro atoms. The average molecular weight is 346 g/mol. The van der Waals surface area contributed by atoms with Crippen molar-refractivity contribution in [3.63, 3.8) is 0 Å². The Morgan fingerprint density at radius 3 is 3.00 bits per heavy atom. The van der Waals surface area contributed by atoms with E-state index in [4.69, 9.17) is 9.84 Å². The molecule has 2 aromatic heterocycles. The molecule has 3 aromatic rings. The molecule has 0 bridgehead atoms. The van der Waals surface area contributed by atoms with Gasteiger partial charge < -0.3 is 4.74 Å². The highest BCUT2D eigenvalue weighted by atomic mass is 16.5. The fourth-order valence-electron chi connectivity index (χ4n) is 3.93. The first-order valence-corrected chi connectivity index (χ1v) is 9.25. The van der Waals surface area contributed by atoms with Crippen molar-refractivity contribution in [2.45, 2.75) is 32.5 Å². The molecule has 0 aliphatic carbocycles. The Kier molecular flexibility index (Phi) is 3.75. The van der Waals surface area contributed by atoms with E-state index in [-0.39, 0.29) is 0 Å². The van der Waals surface area contributed by atoms with E-state index >= 15 is 0 Å². The zero-order valence-corrected chi connectivity index (χ0v) is 14.9. The second-order valence-corrected chi connectivity index (χ2v) is 7.10. The van der Waals surface area contributed by atoms with Gasteiger partial charge in [-0.05, 0) is 42.3 Å². The average Bonchev–Trinajstić information content (AvgIpc) is 3.33. The number of benzene rings is 1. The number of aromatic nitrogens is 3. The highest BCUT2D eigenvalue weighted by molar-refractivity contribution is 5.58. The van der Waals surface area contributed by atoms with Gasteiger partial charge in [0.05, 0.1) is 24.5 Å². The molecule has 2 aliphatic rings. The molecular formula is C21H22N4O. The van der Waals surface area contributed by atoms with Gasteiger partial charge in [-0.25, -0.2) is 0 Å². The molecule has 26 heavy (non-hydrogen) atoms. The number of nitrogens with zero attached hydrogens (tertiary/aromatic N) is 4. The van der Waals surface area contributed by atoms with Crippen molar-refractivity contribution in [1.82, 2.24) is 19.7 Å². The molecule has 0 saturated carbocycles. The number of fused-ring (bicyclic) bond motifs is 2. The minimum Gasteiger partial charge on any atom is -0.493 e. The van der Waals surface area contributed by atoms with Crippen LogP contribution in [0.15, 0.2) is 48.8 Å². The van der Waals surface area contributed by atoms with Crippen molar-refractivity contribution in [2.24, 2.45) is 0 Å². The lowest BCUT2D eigenvalue weighted by molar-refractivity contribution is 0.161. The van der Waals surface area contributed by atoms with Crippen LogP contribution in [-0.4, -0.2) is 32.8 Å². The summed E-state index contributed by atoms with van der Waals surface area (Å²) in [6, 6.07) is 13.3. The van der Waals surface area contributed by atoms with Gasteiger partial charge >= 0.3 is 0 Å². The number of hydrogen-bond acceptors (Lipinski definition) is 4. The van der Waals surface area contributed by atoms with Gasteiger partial charge in [0.15, 0.2) is 0 Å². The quantitative estimate of drug-likeness (QED) is 0.728. The van der Waals surface area contributed by atoms with Crippen molar-refractivity contribution in [1.29, 1.82) is 0 Å². The Bertz CT molecular complexity index is 934. The van der Waals surface area contributed by atoms with E-state index in [2.05, 4.69) is 51.8 Å². The summed E-state index contributed by atoms with van der Waals surface area (Å²) in [7, 11) is 0. The highest BCUT2D eigenvalue weighted by Gasteiger charge is 2.24. The van der Waals surface area contributed by atoms with Crippen LogP contribution < -0.4 is 4.74 Å². The predicted octanol–water partition coefficient (Wildman–Crippen LogP) is 3.46. The van der Waals surface area contributed by atoms with Gasteiger partial charge in [0.1, 0.15) is 5.75 Å². The van der Waals surface area contributed by atoms with E-state index in [1.807, 2.05) is 12.3 Å². The van der Waals surface area contributed by atoms with Crippen LogP contribution >= 0.6 is 0 Å². The molecule has 0 radical (unpaired) electrons. The van der Waals surface area contributed by atoms with Crippen molar-refractivity contribution in [3.8, 4) is 17.0 Å². The van der Waals surface area contributed by atoms with Crippen LogP contribution in [0.5, 0.6) is 5.75 Å². The van der Waals surface area contributed by atoms with Crippen LogP contribution in [0.1, 0.15) is 29.8 Å². The molecule has 1 unspecified atom stereocenters. The van der Waals surface area contributed by atoms with Crippen LogP contribution in [0, 0.1) is 0 Å². The van der Waals surface area contributed by atoms with Crippen molar-refractivity contribution in [2.75, 3.05) is 13.2 Å². The van der Waals surface area contributed by atoms with Gasteiger partial charge in [-0.2, -0.15) is 5.10 Å². The maximum Gasteiger partial charge on any atom is 0.122 e. The third kappa shape index (κ3) is 2.69. The molecule has 132 valence electrons. The van der Waals surface area contributed by atoms with E-state index < -0.39 is 0 Å². The summed E-state index contributed by atoms with van der Waals surface area (Å²) >= 11 is 0. The fraction of sp³-hybridized carbons (Fsp3) is 0.333. The predicted molar refractivity (Wildman–Crippen MR) is 99.9 cm³/mol. The SMILES string of the molecule is CC(c1ccc2c(c1)OCC2)N1CCn2nc(-c3cccnc3)cc2C1.